The van der Waals surface area contributed by atoms with Gasteiger partial charge in [-0.25, -0.2) is 19.9 Å². The quantitative estimate of drug-likeness (QED) is 0.0458. The Labute approximate surface area is 297 Å². The molecule has 0 aliphatic heterocycles. The molecule has 1 unspecified atom stereocenters. The van der Waals surface area contributed by atoms with Crippen LogP contribution >= 0.6 is 23.5 Å². The molecule has 0 bridgehead atoms. The molecule has 5 rings (SSSR count). The lowest BCUT2D eigenvalue weighted by Crippen LogP contribution is -2.23. The largest absolute Gasteiger partial charge is 0.354 e. The molecule has 1 fully saturated rings. The lowest BCUT2D eigenvalue weighted by atomic mass is 9.68. The minimum absolute atomic E-state index is 0.494. The highest BCUT2D eigenvalue weighted by Crippen LogP contribution is 2.48. The van der Waals surface area contributed by atoms with Gasteiger partial charge in [-0.1, -0.05) is 106 Å². The second-order valence-corrected chi connectivity index (χ2v) is 13.8. The van der Waals surface area contributed by atoms with E-state index >= 15 is 0 Å². The van der Waals surface area contributed by atoms with Gasteiger partial charge in [0.2, 0.25) is 11.9 Å². The van der Waals surface area contributed by atoms with Crippen molar-refractivity contribution in [2.75, 3.05) is 48.3 Å². The Morgan fingerprint density at radius 3 is 1.75 bits per heavy atom. The molecule has 0 saturated heterocycles. The van der Waals surface area contributed by atoms with Crippen LogP contribution in [0.2, 0.25) is 0 Å². The van der Waals surface area contributed by atoms with Crippen LogP contribution in [0.25, 0.3) is 0 Å². The number of hydrogen-bond donors (Lipinski definition) is 4. The zero-order valence-electron chi connectivity index (χ0n) is 28.9. The van der Waals surface area contributed by atoms with Crippen molar-refractivity contribution in [2.24, 2.45) is 11.5 Å². The topological polar surface area (TPSA) is 128 Å². The normalized spacial score (nSPS) is 14.8. The van der Waals surface area contributed by atoms with Gasteiger partial charge < -0.3 is 22.1 Å². The van der Waals surface area contributed by atoms with Crippen LogP contribution in [0.5, 0.6) is 0 Å². The summed E-state index contributed by atoms with van der Waals surface area (Å²) >= 11 is 3.39. The van der Waals surface area contributed by atoms with Crippen molar-refractivity contribution in [3.05, 3.63) is 96.3 Å². The predicted molar refractivity (Wildman–Crippen MR) is 207 cm³/mol. The third-order valence-corrected chi connectivity index (χ3v) is 9.67. The van der Waals surface area contributed by atoms with E-state index in [9.17, 15) is 0 Å². The van der Waals surface area contributed by atoms with Crippen molar-refractivity contribution >= 4 is 35.4 Å². The maximum absolute atomic E-state index is 5.68. The van der Waals surface area contributed by atoms with Crippen LogP contribution in [-0.4, -0.2) is 57.6 Å². The first-order valence-electron chi connectivity index (χ1n) is 17.6. The Hall–Kier alpha value is -3.18. The fraction of sp³-hybridized carbons (Fsp3) is 0.474. The summed E-state index contributed by atoms with van der Waals surface area (Å²) in [4.78, 5) is 18.1. The molecular weight excluding hydrogens is 633 g/mol. The Kier molecular flexibility index (Phi) is 20.4. The molecule has 8 nitrogen and oxygen atoms in total. The van der Waals surface area contributed by atoms with Crippen LogP contribution in [0.4, 0.5) is 11.9 Å². The van der Waals surface area contributed by atoms with Crippen molar-refractivity contribution in [1.82, 2.24) is 19.9 Å². The maximum atomic E-state index is 5.68. The first-order chi connectivity index (χ1) is 23.7. The minimum atomic E-state index is 0.494. The van der Waals surface area contributed by atoms with Crippen molar-refractivity contribution in [1.29, 1.82) is 0 Å². The molecule has 2 aromatic heterocycles. The Bertz CT molecular complexity index is 1340. The van der Waals surface area contributed by atoms with Crippen LogP contribution in [0, 0.1) is 0 Å². The molecule has 2 heterocycles. The molecule has 10 heteroatoms. The van der Waals surface area contributed by atoms with Gasteiger partial charge in [-0.15, -0.1) is 23.5 Å². The van der Waals surface area contributed by atoms with Gasteiger partial charge >= 0.3 is 0 Å². The summed E-state index contributed by atoms with van der Waals surface area (Å²) in [5.41, 5.74) is 13.7. The lowest BCUT2D eigenvalue weighted by Gasteiger charge is -2.37. The molecular formula is C38H56N8S2. The van der Waals surface area contributed by atoms with Crippen LogP contribution in [0.15, 0.2) is 95.1 Å². The molecule has 0 radical (unpaired) electrons. The predicted octanol–water partition coefficient (Wildman–Crippen LogP) is 8.61. The molecule has 6 N–H and O–H groups in total. The number of rotatable bonds is 18. The van der Waals surface area contributed by atoms with Gasteiger partial charge in [0.05, 0.1) is 5.69 Å². The monoisotopic (exact) mass is 688 g/mol. The SMILES string of the molecule is CCCCCNc1nc(SCCN)cc(C2CC[C@H]2c2ccccc2)n1.CCCCCNc1nccc(SCCN)n1.c1ccccc1. The molecule has 1 aliphatic carbocycles. The molecule has 2 atom stereocenters. The molecule has 48 heavy (non-hydrogen) atoms. The van der Waals surface area contributed by atoms with E-state index in [-0.39, 0.29) is 0 Å². The van der Waals surface area contributed by atoms with Crippen LogP contribution < -0.4 is 22.1 Å². The minimum Gasteiger partial charge on any atom is -0.354 e. The first kappa shape index (κ1) is 39.3. The van der Waals surface area contributed by atoms with Crippen molar-refractivity contribution in [2.45, 2.75) is 87.1 Å². The molecule has 1 saturated carbocycles. The highest BCUT2D eigenvalue weighted by Gasteiger charge is 2.34. The van der Waals surface area contributed by atoms with Gasteiger partial charge in [0.25, 0.3) is 0 Å². The van der Waals surface area contributed by atoms with E-state index in [4.69, 9.17) is 21.4 Å². The summed E-state index contributed by atoms with van der Waals surface area (Å²) in [5.74, 6) is 4.35. The number of hydrogen-bond acceptors (Lipinski definition) is 10. The summed E-state index contributed by atoms with van der Waals surface area (Å²) in [5, 5.41) is 8.68. The zero-order valence-corrected chi connectivity index (χ0v) is 30.5. The lowest BCUT2D eigenvalue weighted by molar-refractivity contribution is 0.339. The second kappa shape index (κ2) is 24.9. The number of thioether (sulfide) groups is 2. The van der Waals surface area contributed by atoms with E-state index in [0.717, 1.165) is 53.0 Å². The fourth-order valence-corrected chi connectivity index (χ4v) is 6.43. The highest BCUT2D eigenvalue weighted by atomic mass is 32.2. The van der Waals surface area contributed by atoms with E-state index in [1.807, 2.05) is 42.5 Å². The van der Waals surface area contributed by atoms with Gasteiger partial charge in [0.15, 0.2) is 0 Å². The molecule has 1 aliphatic rings. The van der Waals surface area contributed by atoms with Crippen molar-refractivity contribution in [3.8, 4) is 0 Å². The molecule has 0 amide bonds. The number of unbranched alkanes of at least 4 members (excludes halogenated alkanes) is 4. The third-order valence-electron chi connectivity index (χ3n) is 7.76. The average molecular weight is 689 g/mol. The van der Waals surface area contributed by atoms with Crippen LogP contribution in [0.1, 0.15) is 88.3 Å². The molecule has 4 aromatic rings. The zero-order chi connectivity index (χ0) is 34.1. The number of nitrogens with one attached hydrogen (secondary N) is 2. The second-order valence-electron chi connectivity index (χ2n) is 11.6. The molecule has 260 valence electrons. The summed E-state index contributed by atoms with van der Waals surface area (Å²) in [6, 6.07) is 26.9. The van der Waals surface area contributed by atoms with Gasteiger partial charge in [-0.3, -0.25) is 0 Å². The standard InChI is InChI=1S/C21H30N4S.C11H20N4S.C6H6/c1-2-3-7-13-23-21-24-19(15-20(25-21)26-14-12-22)18-11-10-17(18)16-8-5-4-6-9-16;1-2-3-4-7-13-11-14-8-5-10(15-11)16-9-6-12;1-2-4-6-5-3-1/h4-6,8-9,15,17-18H,2-3,7,10-14,22H2,1H3,(H,23,24,25);5,8H,2-4,6-7,9,12H2,1H3,(H,13,14,15);1-6H/t17-,18?;;/m0../s1. The highest BCUT2D eigenvalue weighted by molar-refractivity contribution is 7.99. The van der Waals surface area contributed by atoms with Gasteiger partial charge in [0.1, 0.15) is 10.1 Å². The smallest absolute Gasteiger partial charge is 0.223 e. The van der Waals surface area contributed by atoms with Crippen molar-refractivity contribution < 1.29 is 0 Å². The van der Waals surface area contributed by atoms with E-state index in [0.29, 0.717) is 24.9 Å². The van der Waals surface area contributed by atoms with Crippen molar-refractivity contribution in [3.63, 3.8) is 0 Å². The summed E-state index contributed by atoms with van der Waals surface area (Å²) in [6.45, 7) is 7.64. The van der Waals surface area contributed by atoms with E-state index in [1.165, 1.54) is 56.2 Å². The summed E-state index contributed by atoms with van der Waals surface area (Å²) in [7, 11) is 0. The van der Waals surface area contributed by atoms with Crippen LogP contribution in [0.3, 0.4) is 0 Å². The Balaban J connectivity index is 0.000000239. The number of anilines is 2. The number of nitrogens with zero attached hydrogens (tertiary/aromatic N) is 4. The Morgan fingerprint density at radius 2 is 1.19 bits per heavy atom. The maximum Gasteiger partial charge on any atom is 0.223 e. The average Bonchev–Trinajstić information content (AvgIpc) is 3.12. The van der Waals surface area contributed by atoms with Crippen LogP contribution in [-0.2, 0) is 0 Å². The third kappa shape index (κ3) is 15.4. The number of aromatic nitrogens is 4. The summed E-state index contributed by atoms with van der Waals surface area (Å²) < 4.78 is 0. The number of benzene rings is 2. The first-order valence-corrected chi connectivity index (χ1v) is 19.6. The van der Waals surface area contributed by atoms with Gasteiger partial charge in [-0.05, 0) is 49.3 Å². The fourth-order valence-electron chi connectivity index (χ4n) is 5.11. The van der Waals surface area contributed by atoms with E-state index in [2.05, 4.69) is 70.8 Å². The molecule has 0 spiro atoms. The van der Waals surface area contributed by atoms with Gasteiger partial charge in [0, 0.05) is 49.8 Å². The van der Waals surface area contributed by atoms with Gasteiger partial charge in [-0.2, -0.15) is 0 Å². The van der Waals surface area contributed by atoms with E-state index in [1.54, 1.807) is 29.7 Å². The molecule has 2 aromatic carbocycles. The number of nitrogens with two attached hydrogens (primary N) is 2. The summed E-state index contributed by atoms with van der Waals surface area (Å²) in [6.07, 6.45) is 11.5. The van der Waals surface area contributed by atoms with E-state index < -0.39 is 0 Å². The Morgan fingerprint density at radius 1 is 0.646 bits per heavy atom.